The zero-order valence-electron chi connectivity index (χ0n) is 14.5. The zero-order chi connectivity index (χ0) is 19.3. The first kappa shape index (κ1) is 19.0. The van der Waals surface area contributed by atoms with Crippen molar-refractivity contribution in [3.63, 3.8) is 0 Å². The van der Waals surface area contributed by atoms with Crippen LogP contribution in [0.15, 0.2) is 33.9 Å². The fourth-order valence-corrected chi connectivity index (χ4v) is 2.46. The number of hydrogen-bond acceptors (Lipinski definition) is 7. The number of rotatable bonds is 7. The SMILES string of the molecule is CCCn1c(N)c(C(=O)COC(=O)c2ccccc2NC)c(=O)[nH]c1=O. The van der Waals surface area contributed by atoms with Crippen molar-refractivity contribution in [2.45, 2.75) is 19.9 Å². The number of nitrogens with one attached hydrogen (secondary N) is 2. The van der Waals surface area contributed by atoms with E-state index in [1.807, 2.05) is 6.92 Å². The number of ether oxygens (including phenoxy) is 1. The largest absolute Gasteiger partial charge is 0.454 e. The first-order chi connectivity index (χ1) is 12.4. The third-order valence-electron chi connectivity index (χ3n) is 3.72. The molecule has 1 heterocycles. The Labute approximate surface area is 148 Å². The van der Waals surface area contributed by atoms with Crippen molar-refractivity contribution in [2.75, 3.05) is 24.7 Å². The molecule has 0 aliphatic rings. The number of ketones is 1. The fourth-order valence-electron chi connectivity index (χ4n) is 2.46. The second kappa shape index (κ2) is 8.15. The minimum atomic E-state index is -0.906. The molecule has 0 aliphatic carbocycles. The quantitative estimate of drug-likeness (QED) is 0.486. The van der Waals surface area contributed by atoms with Crippen LogP contribution in [-0.2, 0) is 11.3 Å². The molecule has 2 rings (SSSR count). The summed E-state index contributed by atoms with van der Waals surface area (Å²) in [5.41, 5.74) is 4.61. The van der Waals surface area contributed by atoms with E-state index in [9.17, 15) is 19.2 Å². The van der Waals surface area contributed by atoms with Crippen LogP contribution in [0.2, 0.25) is 0 Å². The van der Waals surface area contributed by atoms with Crippen molar-refractivity contribution in [1.29, 1.82) is 0 Å². The summed E-state index contributed by atoms with van der Waals surface area (Å²) in [6.45, 7) is 1.39. The molecule has 9 heteroatoms. The van der Waals surface area contributed by atoms with Gasteiger partial charge in [0.1, 0.15) is 11.4 Å². The van der Waals surface area contributed by atoms with Crippen molar-refractivity contribution in [2.24, 2.45) is 0 Å². The lowest BCUT2D eigenvalue weighted by atomic mass is 10.1. The molecule has 138 valence electrons. The van der Waals surface area contributed by atoms with E-state index < -0.39 is 35.2 Å². The average Bonchev–Trinajstić information content (AvgIpc) is 2.62. The third-order valence-corrected chi connectivity index (χ3v) is 3.72. The van der Waals surface area contributed by atoms with Crippen LogP contribution >= 0.6 is 0 Å². The van der Waals surface area contributed by atoms with Gasteiger partial charge in [-0.05, 0) is 18.6 Å². The van der Waals surface area contributed by atoms with Gasteiger partial charge in [0.15, 0.2) is 6.61 Å². The van der Waals surface area contributed by atoms with E-state index in [2.05, 4.69) is 10.3 Å². The van der Waals surface area contributed by atoms with E-state index >= 15 is 0 Å². The Hall–Kier alpha value is -3.36. The predicted octanol–water partition coefficient (Wildman–Crippen LogP) is 0.610. The Balaban J connectivity index is 2.23. The highest BCUT2D eigenvalue weighted by Crippen LogP contribution is 2.15. The third kappa shape index (κ3) is 3.82. The number of hydrogen-bond donors (Lipinski definition) is 3. The molecule has 0 aliphatic heterocycles. The maximum Gasteiger partial charge on any atom is 0.340 e. The highest BCUT2D eigenvalue weighted by atomic mass is 16.5. The van der Waals surface area contributed by atoms with Crippen LogP contribution < -0.4 is 22.3 Å². The molecule has 1 aromatic heterocycles. The number of carbonyl (C=O) groups is 2. The Morgan fingerprint density at radius 1 is 1.27 bits per heavy atom. The molecule has 0 unspecified atom stereocenters. The van der Waals surface area contributed by atoms with Crippen LogP contribution in [0, 0.1) is 0 Å². The molecular weight excluding hydrogens is 340 g/mol. The van der Waals surface area contributed by atoms with Gasteiger partial charge in [-0.2, -0.15) is 0 Å². The fraction of sp³-hybridized carbons (Fsp3) is 0.294. The molecule has 26 heavy (non-hydrogen) atoms. The summed E-state index contributed by atoms with van der Waals surface area (Å²) >= 11 is 0. The topological polar surface area (TPSA) is 136 Å². The predicted molar refractivity (Wildman–Crippen MR) is 96.6 cm³/mol. The van der Waals surface area contributed by atoms with Gasteiger partial charge in [-0.3, -0.25) is 19.1 Å². The number of anilines is 2. The molecule has 0 spiro atoms. The molecule has 1 aromatic carbocycles. The summed E-state index contributed by atoms with van der Waals surface area (Å²) in [6.07, 6.45) is 0.583. The van der Waals surface area contributed by atoms with Crippen LogP contribution in [0.25, 0.3) is 0 Å². The van der Waals surface area contributed by atoms with Gasteiger partial charge in [-0.1, -0.05) is 19.1 Å². The Kier molecular flexibility index (Phi) is 5.94. The zero-order valence-corrected chi connectivity index (χ0v) is 14.5. The van der Waals surface area contributed by atoms with Crippen molar-refractivity contribution >= 4 is 23.3 Å². The molecule has 4 N–H and O–H groups in total. The van der Waals surface area contributed by atoms with Gasteiger partial charge in [0.2, 0.25) is 5.78 Å². The van der Waals surface area contributed by atoms with Gasteiger partial charge in [0.05, 0.1) is 5.56 Å². The summed E-state index contributed by atoms with van der Waals surface area (Å²) < 4.78 is 6.11. The number of carbonyl (C=O) groups excluding carboxylic acids is 2. The Bertz CT molecular complexity index is 945. The number of esters is 1. The number of H-pyrrole nitrogens is 1. The second-order valence-corrected chi connectivity index (χ2v) is 5.47. The van der Waals surface area contributed by atoms with Gasteiger partial charge < -0.3 is 15.8 Å². The first-order valence-electron chi connectivity index (χ1n) is 8.00. The monoisotopic (exact) mass is 360 g/mol. The second-order valence-electron chi connectivity index (χ2n) is 5.47. The molecule has 0 amide bonds. The molecule has 0 bridgehead atoms. The lowest BCUT2D eigenvalue weighted by Gasteiger charge is -2.12. The smallest absolute Gasteiger partial charge is 0.340 e. The van der Waals surface area contributed by atoms with Crippen molar-refractivity contribution in [3.05, 3.63) is 56.2 Å². The van der Waals surface area contributed by atoms with Crippen LogP contribution in [0.5, 0.6) is 0 Å². The van der Waals surface area contributed by atoms with Crippen molar-refractivity contribution in [3.8, 4) is 0 Å². The van der Waals surface area contributed by atoms with Gasteiger partial charge in [-0.25, -0.2) is 9.59 Å². The minimum Gasteiger partial charge on any atom is -0.454 e. The van der Waals surface area contributed by atoms with Crippen molar-refractivity contribution in [1.82, 2.24) is 9.55 Å². The normalized spacial score (nSPS) is 10.4. The van der Waals surface area contributed by atoms with E-state index in [0.29, 0.717) is 12.1 Å². The number of aromatic amines is 1. The van der Waals surface area contributed by atoms with E-state index in [0.717, 1.165) is 4.57 Å². The molecule has 0 fully saturated rings. The lowest BCUT2D eigenvalue weighted by Crippen LogP contribution is -2.37. The highest BCUT2D eigenvalue weighted by Gasteiger charge is 2.21. The molecule has 0 atom stereocenters. The van der Waals surface area contributed by atoms with Gasteiger partial charge in [0, 0.05) is 19.3 Å². The molecular formula is C17H20N4O5. The summed E-state index contributed by atoms with van der Waals surface area (Å²) in [5.74, 6) is -1.75. The van der Waals surface area contributed by atoms with Crippen molar-refractivity contribution < 1.29 is 14.3 Å². The summed E-state index contributed by atoms with van der Waals surface area (Å²) in [7, 11) is 1.65. The number of Topliss-reactive ketones (excluding diaryl/α,β-unsaturated/α-hetero) is 1. The standard InChI is InChI=1S/C17H20N4O5/c1-3-8-21-14(18)13(15(23)20-17(21)25)12(22)9-26-16(24)10-6-4-5-7-11(10)19-2/h4-7,19H,3,8-9,18H2,1-2H3,(H,20,23,25). The summed E-state index contributed by atoms with van der Waals surface area (Å²) in [5, 5.41) is 2.84. The first-order valence-corrected chi connectivity index (χ1v) is 8.00. The molecule has 9 nitrogen and oxygen atoms in total. The van der Waals surface area contributed by atoms with E-state index in [-0.39, 0.29) is 17.9 Å². The highest BCUT2D eigenvalue weighted by molar-refractivity contribution is 6.03. The maximum absolute atomic E-state index is 12.3. The number of nitrogen functional groups attached to an aromatic ring is 1. The lowest BCUT2D eigenvalue weighted by molar-refractivity contribution is 0.0475. The molecule has 0 radical (unpaired) electrons. The summed E-state index contributed by atoms with van der Waals surface area (Å²) in [6, 6.07) is 6.62. The van der Waals surface area contributed by atoms with Crippen LogP contribution in [-0.4, -0.2) is 35.0 Å². The number of para-hydroxylation sites is 1. The van der Waals surface area contributed by atoms with Gasteiger partial charge in [-0.15, -0.1) is 0 Å². The van der Waals surface area contributed by atoms with Gasteiger partial charge >= 0.3 is 11.7 Å². The van der Waals surface area contributed by atoms with E-state index in [1.165, 1.54) is 0 Å². The van der Waals surface area contributed by atoms with Crippen LogP contribution in [0.1, 0.15) is 34.1 Å². The van der Waals surface area contributed by atoms with Crippen LogP contribution in [0.3, 0.4) is 0 Å². The van der Waals surface area contributed by atoms with E-state index in [4.69, 9.17) is 10.5 Å². The number of aromatic nitrogens is 2. The number of nitrogens with two attached hydrogens (primary N) is 1. The average molecular weight is 360 g/mol. The van der Waals surface area contributed by atoms with Gasteiger partial charge in [0.25, 0.3) is 5.56 Å². The maximum atomic E-state index is 12.3. The summed E-state index contributed by atoms with van der Waals surface area (Å²) in [4.78, 5) is 50.3. The van der Waals surface area contributed by atoms with E-state index in [1.54, 1.807) is 31.3 Å². The minimum absolute atomic E-state index is 0.239. The molecule has 0 saturated carbocycles. The Morgan fingerprint density at radius 2 is 1.96 bits per heavy atom. The van der Waals surface area contributed by atoms with Crippen LogP contribution in [0.4, 0.5) is 11.5 Å². The number of benzene rings is 1. The molecule has 2 aromatic rings. The number of nitrogens with zero attached hydrogens (tertiary/aromatic N) is 1. The Morgan fingerprint density at radius 3 is 2.62 bits per heavy atom. The molecule has 0 saturated heterocycles.